The number of pyridine rings is 2. The van der Waals surface area contributed by atoms with E-state index in [1.54, 1.807) is 25.4 Å². The summed E-state index contributed by atoms with van der Waals surface area (Å²) < 4.78 is 28.2. The Morgan fingerprint density at radius 3 is 2.43 bits per heavy atom. The molecule has 1 aromatic carbocycles. The Morgan fingerprint density at radius 1 is 1.07 bits per heavy atom. The molecule has 0 spiro atoms. The van der Waals surface area contributed by atoms with Crippen molar-refractivity contribution < 1.29 is 13.6 Å². The monoisotopic (exact) mass is 381 g/mol. The molecule has 1 fully saturated rings. The lowest BCUT2D eigenvalue weighted by atomic mass is 9.89. The van der Waals surface area contributed by atoms with Crippen LogP contribution in [0.3, 0.4) is 0 Å². The zero-order valence-electron chi connectivity index (χ0n) is 15.1. The maximum absolute atomic E-state index is 13.6. The van der Waals surface area contributed by atoms with Gasteiger partial charge in [0.25, 0.3) is 5.91 Å². The fourth-order valence-electron chi connectivity index (χ4n) is 3.33. The average molecular weight is 381 g/mol. The molecule has 0 aliphatic heterocycles. The summed E-state index contributed by atoms with van der Waals surface area (Å²) in [6.07, 6.45) is 4.74. The fraction of sp³-hybridized carbons (Fsp3) is 0.190. The largest absolute Gasteiger partial charge is 0.318 e. The van der Waals surface area contributed by atoms with E-state index in [-0.39, 0.29) is 16.9 Å². The third-order valence-electron chi connectivity index (χ3n) is 5.13. The van der Waals surface area contributed by atoms with Crippen LogP contribution in [0, 0.1) is 11.6 Å². The molecule has 1 saturated carbocycles. The number of carbonyl (C=O) groups excluding carboxylic acids is 1. The van der Waals surface area contributed by atoms with Gasteiger partial charge in [-0.2, -0.15) is 0 Å². The lowest BCUT2D eigenvalue weighted by Crippen LogP contribution is -2.20. The molecule has 142 valence electrons. The highest BCUT2D eigenvalue weighted by Gasteiger charge is 2.46. The number of carbonyl (C=O) groups is 1. The van der Waals surface area contributed by atoms with Gasteiger partial charge in [0, 0.05) is 30.9 Å². The number of hydrogen-bond acceptors (Lipinski definition) is 3. The van der Waals surface area contributed by atoms with Crippen molar-refractivity contribution in [3.63, 3.8) is 0 Å². The molecular formula is C21H17F2N3O2. The Morgan fingerprint density at radius 2 is 1.82 bits per heavy atom. The number of anilines is 1. The molecule has 2 heterocycles. The number of amides is 1. The predicted molar refractivity (Wildman–Crippen MR) is 100 cm³/mol. The molecule has 0 bridgehead atoms. The second-order valence-corrected chi connectivity index (χ2v) is 6.96. The van der Waals surface area contributed by atoms with Gasteiger partial charge in [-0.15, -0.1) is 0 Å². The number of nitrogens with one attached hydrogen (secondary N) is 1. The van der Waals surface area contributed by atoms with Crippen molar-refractivity contribution in [2.75, 3.05) is 5.32 Å². The van der Waals surface area contributed by atoms with E-state index in [0.717, 1.165) is 30.0 Å². The Balaban J connectivity index is 1.54. The number of halogens is 2. The summed E-state index contributed by atoms with van der Waals surface area (Å²) in [6.45, 7) is 0. The summed E-state index contributed by atoms with van der Waals surface area (Å²) in [5.74, 6) is -1.74. The van der Waals surface area contributed by atoms with Gasteiger partial charge in [0.2, 0.25) is 5.56 Å². The normalized spacial score (nSPS) is 14.5. The summed E-state index contributed by atoms with van der Waals surface area (Å²) >= 11 is 0. The summed E-state index contributed by atoms with van der Waals surface area (Å²) in [6, 6.07) is 10.3. The van der Waals surface area contributed by atoms with Crippen LogP contribution in [0.1, 0.15) is 34.3 Å². The molecule has 0 saturated heterocycles. The van der Waals surface area contributed by atoms with E-state index in [1.807, 2.05) is 6.07 Å². The van der Waals surface area contributed by atoms with Gasteiger partial charge in [-0.3, -0.25) is 9.59 Å². The van der Waals surface area contributed by atoms with E-state index in [2.05, 4.69) is 10.3 Å². The summed E-state index contributed by atoms with van der Waals surface area (Å²) in [5.41, 5.74) is 1.38. The first-order valence-corrected chi connectivity index (χ1v) is 8.79. The molecular weight excluding hydrogens is 364 g/mol. The molecule has 1 amide bonds. The van der Waals surface area contributed by atoms with E-state index < -0.39 is 11.6 Å². The Kier molecular flexibility index (Phi) is 4.30. The Bertz CT molecular complexity index is 1120. The fourth-order valence-corrected chi connectivity index (χ4v) is 3.33. The third kappa shape index (κ3) is 3.19. The van der Waals surface area contributed by atoms with Crippen molar-refractivity contribution >= 4 is 11.7 Å². The minimum atomic E-state index is -0.867. The van der Waals surface area contributed by atoms with Crippen LogP contribution < -0.4 is 10.9 Å². The maximum atomic E-state index is 13.6. The lowest BCUT2D eigenvalue weighted by molar-refractivity contribution is 0.102. The lowest BCUT2D eigenvalue weighted by Gasteiger charge is -2.17. The van der Waals surface area contributed by atoms with Gasteiger partial charge in [-0.05, 0) is 48.2 Å². The SMILES string of the molecule is Cn1cc(C(=O)Nc2ccc(C3(c4ccc(F)c(F)c4)CC3)cn2)ccc1=O. The molecule has 0 atom stereocenters. The van der Waals surface area contributed by atoms with E-state index in [0.29, 0.717) is 11.4 Å². The number of aryl methyl sites for hydroxylation is 1. The van der Waals surface area contributed by atoms with E-state index in [1.165, 1.54) is 29.0 Å². The zero-order chi connectivity index (χ0) is 19.9. The minimum Gasteiger partial charge on any atom is -0.318 e. The van der Waals surface area contributed by atoms with Crippen molar-refractivity contribution in [1.29, 1.82) is 0 Å². The smallest absolute Gasteiger partial charge is 0.258 e. The standard InChI is InChI=1S/C21H17F2N3O2/c1-26-12-13(2-7-19(26)27)20(28)25-18-6-4-15(11-24-18)21(8-9-21)14-3-5-16(22)17(23)10-14/h2-7,10-12H,8-9H2,1H3,(H,24,25,28). The molecule has 1 N–H and O–H groups in total. The third-order valence-corrected chi connectivity index (χ3v) is 5.13. The minimum absolute atomic E-state index is 0.203. The van der Waals surface area contributed by atoms with Crippen molar-refractivity contribution in [3.05, 3.63) is 93.5 Å². The summed E-state index contributed by atoms with van der Waals surface area (Å²) in [4.78, 5) is 28.0. The second kappa shape index (κ2) is 6.67. The number of rotatable bonds is 4. The molecule has 0 radical (unpaired) electrons. The van der Waals surface area contributed by atoms with Gasteiger partial charge < -0.3 is 9.88 Å². The second-order valence-electron chi connectivity index (χ2n) is 6.96. The Labute approximate surface area is 159 Å². The zero-order valence-corrected chi connectivity index (χ0v) is 15.1. The number of nitrogens with zero attached hydrogens (tertiary/aromatic N) is 2. The van der Waals surface area contributed by atoms with Crippen molar-refractivity contribution in [3.8, 4) is 0 Å². The molecule has 5 nitrogen and oxygen atoms in total. The highest BCUT2D eigenvalue weighted by molar-refractivity contribution is 6.03. The van der Waals surface area contributed by atoms with Gasteiger partial charge >= 0.3 is 0 Å². The number of benzene rings is 1. The first-order chi connectivity index (χ1) is 13.4. The number of aromatic nitrogens is 2. The van der Waals surface area contributed by atoms with Crippen LogP contribution in [0.4, 0.5) is 14.6 Å². The van der Waals surface area contributed by atoms with Crippen LogP contribution in [0.2, 0.25) is 0 Å². The van der Waals surface area contributed by atoms with E-state index in [4.69, 9.17) is 0 Å². The van der Waals surface area contributed by atoms with Gasteiger partial charge in [-0.25, -0.2) is 13.8 Å². The highest BCUT2D eigenvalue weighted by atomic mass is 19.2. The average Bonchev–Trinajstić information content (AvgIpc) is 3.48. The first-order valence-electron chi connectivity index (χ1n) is 8.79. The van der Waals surface area contributed by atoms with Gasteiger partial charge in [-0.1, -0.05) is 12.1 Å². The van der Waals surface area contributed by atoms with Crippen LogP contribution in [0.15, 0.2) is 59.7 Å². The highest BCUT2D eigenvalue weighted by Crippen LogP contribution is 2.53. The van der Waals surface area contributed by atoms with E-state index in [9.17, 15) is 18.4 Å². The molecule has 2 aromatic heterocycles. The molecule has 3 aromatic rings. The molecule has 0 unspecified atom stereocenters. The number of hydrogen-bond donors (Lipinski definition) is 1. The van der Waals surface area contributed by atoms with Gasteiger partial charge in [0.05, 0.1) is 5.56 Å². The van der Waals surface area contributed by atoms with Crippen molar-refractivity contribution in [2.24, 2.45) is 7.05 Å². The molecule has 7 heteroatoms. The molecule has 1 aliphatic rings. The summed E-state index contributed by atoms with van der Waals surface area (Å²) in [7, 11) is 1.57. The topological polar surface area (TPSA) is 64.0 Å². The van der Waals surface area contributed by atoms with Crippen LogP contribution >= 0.6 is 0 Å². The quantitative estimate of drug-likeness (QED) is 0.754. The predicted octanol–water partition coefficient (Wildman–Crippen LogP) is 3.39. The van der Waals surface area contributed by atoms with Gasteiger partial charge in [0.1, 0.15) is 5.82 Å². The van der Waals surface area contributed by atoms with Crippen LogP contribution in [-0.4, -0.2) is 15.5 Å². The molecule has 1 aliphatic carbocycles. The van der Waals surface area contributed by atoms with Gasteiger partial charge in [0.15, 0.2) is 11.6 Å². The maximum Gasteiger partial charge on any atom is 0.258 e. The van der Waals surface area contributed by atoms with E-state index >= 15 is 0 Å². The van der Waals surface area contributed by atoms with Crippen LogP contribution in [-0.2, 0) is 12.5 Å². The van der Waals surface area contributed by atoms with Crippen LogP contribution in [0.5, 0.6) is 0 Å². The van der Waals surface area contributed by atoms with Crippen molar-refractivity contribution in [1.82, 2.24) is 9.55 Å². The van der Waals surface area contributed by atoms with Crippen LogP contribution in [0.25, 0.3) is 0 Å². The Hall–Kier alpha value is -3.35. The molecule has 4 rings (SSSR count). The summed E-state index contributed by atoms with van der Waals surface area (Å²) in [5, 5.41) is 2.69. The molecule has 28 heavy (non-hydrogen) atoms. The first kappa shape index (κ1) is 18.0. The van der Waals surface area contributed by atoms with Crippen molar-refractivity contribution in [2.45, 2.75) is 18.3 Å².